The highest BCUT2D eigenvalue weighted by molar-refractivity contribution is 5.76. The maximum atomic E-state index is 13.6. The van der Waals surface area contributed by atoms with Gasteiger partial charge in [0.25, 0.3) is 0 Å². The quantitative estimate of drug-likeness (QED) is 0.769. The molecule has 1 aliphatic heterocycles. The molecule has 0 aromatic heterocycles. The smallest absolute Gasteiger partial charge is 0.325 e. The highest BCUT2D eigenvalue weighted by Crippen LogP contribution is 2.32. The van der Waals surface area contributed by atoms with Crippen molar-refractivity contribution in [3.63, 3.8) is 0 Å². The van der Waals surface area contributed by atoms with Crippen molar-refractivity contribution in [2.75, 3.05) is 6.54 Å². The third-order valence-corrected chi connectivity index (χ3v) is 2.82. The minimum Gasteiger partial charge on any atom is -0.480 e. The molecule has 2 atom stereocenters. The van der Waals surface area contributed by atoms with Crippen LogP contribution in [0.1, 0.15) is 30.0 Å². The molecule has 0 bridgehead atoms. The molecule has 3 nitrogen and oxygen atoms in total. The van der Waals surface area contributed by atoms with Crippen molar-refractivity contribution in [2.45, 2.75) is 18.9 Å². The van der Waals surface area contributed by atoms with Crippen molar-refractivity contribution >= 4 is 5.97 Å². The van der Waals surface area contributed by atoms with Crippen LogP contribution in [0.5, 0.6) is 0 Å². The van der Waals surface area contributed by atoms with E-state index in [9.17, 15) is 13.6 Å². The van der Waals surface area contributed by atoms with Gasteiger partial charge in [-0.25, -0.2) is 8.78 Å². The number of nitrogens with one attached hydrogen (secondary N) is 1. The van der Waals surface area contributed by atoms with E-state index in [4.69, 9.17) is 5.11 Å². The summed E-state index contributed by atoms with van der Waals surface area (Å²) < 4.78 is 26.6. The van der Waals surface area contributed by atoms with Gasteiger partial charge in [0.05, 0.1) is 0 Å². The van der Waals surface area contributed by atoms with E-state index in [1.54, 1.807) is 6.92 Å². The van der Waals surface area contributed by atoms with Gasteiger partial charge in [-0.05, 0) is 17.5 Å². The van der Waals surface area contributed by atoms with Gasteiger partial charge in [-0.1, -0.05) is 6.92 Å². The lowest BCUT2D eigenvalue weighted by Gasteiger charge is -2.28. The normalized spacial score (nSPS) is 23.9. The zero-order valence-electron chi connectivity index (χ0n) is 8.63. The van der Waals surface area contributed by atoms with Crippen LogP contribution < -0.4 is 5.32 Å². The number of hydrogen-bond donors (Lipinski definition) is 2. The standard InChI is InChI=1S/C11H11F2NO2/c1-5-4-14-10(11(15)16)9-7(5)2-6(12)3-8(9)13/h2-3,5,10,14H,4H2,1H3,(H,15,16). The maximum Gasteiger partial charge on any atom is 0.325 e. The Kier molecular flexibility index (Phi) is 2.63. The van der Waals surface area contributed by atoms with Gasteiger partial charge in [0, 0.05) is 18.2 Å². The van der Waals surface area contributed by atoms with Crippen molar-refractivity contribution < 1.29 is 18.7 Å². The Bertz CT molecular complexity index is 448. The van der Waals surface area contributed by atoms with Crippen molar-refractivity contribution in [1.29, 1.82) is 0 Å². The summed E-state index contributed by atoms with van der Waals surface area (Å²) in [5.41, 5.74) is 0.483. The molecule has 0 saturated heterocycles. The molecule has 0 spiro atoms. The van der Waals surface area contributed by atoms with E-state index in [0.29, 0.717) is 18.2 Å². The average Bonchev–Trinajstić information content (AvgIpc) is 2.19. The molecule has 0 amide bonds. The van der Waals surface area contributed by atoms with Gasteiger partial charge in [0.2, 0.25) is 0 Å². The van der Waals surface area contributed by atoms with E-state index in [2.05, 4.69) is 5.32 Å². The molecule has 5 heteroatoms. The largest absolute Gasteiger partial charge is 0.480 e. The number of benzene rings is 1. The van der Waals surface area contributed by atoms with Gasteiger partial charge in [-0.2, -0.15) is 0 Å². The van der Waals surface area contributed by atoms with Gasteiger partial charge >= 0.3 is 5.97 Å². The molecule has 0 aliphatic carbocycles. The molecular weight excluding hydrogens is 216 g/mol. The van der Waals surface area contributed by atoms with Crippen molar-refractivity contribution in [1.82, 2.24) is 5.32 Å². The van der Waals surface area contributed by atoms with Gasteiger partial charge in [-0.15, -0.1) is 0 Å². The lowest BCUT2D eigenvalue weighted by molar-refractivity contribution is -0.139. The second-order valence-corrected chi connectivity index (χ2v) is 3.97. The highest BCUT2D eigenvalue weighted by Gasteiger charge is 2.32. The van der Waals surface area contributed by atoms with Crippen molar-refractivity contribution in [3.05, 3.63) is 34.9 Å². The summed E-state index contributed by atoms with van der Waals surface area (Å²) in [6.07, 6.45) is 0. The third kappa shape index (κ3) is 1.67. The molecule has 0 saturated carbocycles. The van der Waals surface area contributed by atoms with E-state index < -0.39 is 23.6 Å². The van der Waals surface area contributed by atoms with Crippen LogP contribution in [0, 0.1) is 11.6 Å². The first-order chi connectivity index (χ1) is 7.50. The fourth-order valence-corrected chi connectivity index (χ4v) is 2.03. The molecule has 86 valence electrons. The summed E-state index contributed by atoms with van der Waals surface area (Å²) in [5, 5.41) is 11.7. The van der Waals surface area contributed by atoms with Crippen LogP contribution in [-0.4, -0.2) is 17.6 Å². The number of carboxylic acids is 1. The van der Waals surface area contributed by atoms with E-state index in [1.165, 1.54) is 6.07 Å². The number of hydrogen-bond acceptors (Lipinski definition) is 2. The summed E-state index contributed by atoms with van der Waals surface area (Å²) in [4.78, 5) is 10.9. The minimum absolute atomic E-state index is 0.0488. The van der Waals surface area contributed by atoms with Gasteiger partial charge in [0.1, 0.15) is 17.7 Å². The van der Waals surface area contributed by atoms with Crippen LogP contribution in [0.4, 0.5) is 8.78 Å². The summed E-state index contributed by atoms with van der Waals surface area (Å²) >= 11 is 0. The van der Waals surface area contributed by atoms with Crippen molar-refractivity contribution in [2.24, 2.45) is 0 Å². The summed E-state index contributed by atoms with van der Waals surface area (Å²) in [7, 11) is 0. The molecule has 2 N–H and O–H groups in total. The maximum absolute atomic E-state index is 13.6. The molecule has 0 fully saturated rings. The Labute approximate surface area is 91.1 Å². The molecule has 1 aliphatic rings. The lowest BCUT2D eigenvalue weighted by atomic mass is 9.87. The molecule has 2 rings (SSSR count). The third-order valence-electron chi connectivity index (χ3n) is 2.82. The zero-order chi connectivity index (χ0) is 11.9. The number of carbonyl (C=O) groups is 1. The van der Waals surface area contributed by atoms with E-state index in [1.807, 2.05) is 0 Å². The lowest BCUT2D eigenvalue weighted by Crippen LogP contribution is -2.37. The fourth-order valence-electron chi connectivity index (χ4n) is 2.03. The number of carboxylic acid groups (broad SMARTS) is 1. The average molecular weight is 227 g/mol. The van der Waals surface area contributed by atoms with Gasteiger partial charge < -0.3 is 10.4 Å². The topological polar surface area (TPSA) is 49.3 Å². The first kappa shape index (κ1) is 11.0. The highest BCUT2D eigenvalue weighted by atomic mass is 19.1. The molecule has 1 aromatic rings. The minimum atomic E-state index is -1.15. The van der Waals surface area contributed by atoms with E-state index in [0.717, 1.165) is 0 Å². The molecule has 2 unspecified atom stereocenters. The first-order valence-electron chi connectivity index (χ1n) is 4.95. The summed E-state index contributed by atoms with van der Waals surface area (Å²) in [6, 6.07) is 0.834. The predicted octanol–water partition coefficient (Wildman–Crippen LogP) is 1.80. The number of rotatable bonds is 1. The van der Waals surface area contributed by atoms with Crippen LogP contribution in [0.25, 0.3) is 0 Å². The monoisotopic (exact) mass is 227 g/mol. The van der Waals surface area contributed by atoms with Crippen molar-refractivity contribution in [3.8, 4) is 0 Å². The molecule has 16 heavy (non-hydrogen) atoms. The first-order valence-corrected chi connectivity index (χ1v) is 4.95. The Morgan fingerprint density at radius 3 is 2.81 bits per heavy atom. The predicted molar refractivity (Wildman–Crippen MR) is 53.2 cm³/mol. The van der Waals surface area contributed by atoms with Crippen LogP contribution in [0.2, 0.25) is 0 Å². The Morgan fingerprint density at radius 1 is 1.50 bits per heavy atom. The second kappa shape index (κ2) is 3.83. The Hall–Kier alpha value is -1.49. The molecule has 0 radical (unpaired) electrons. The van der Waals surface area contributed by atoms with Crippen LogP contribution in [-0.2, 0) is 4.79 Å². The fraction of sp³-hybridized carbons (Fsp3) is 0.364. The van der Waals surface area contributed by atoms with Crippen LogP contribution >= 0.6 is 0 Å². The summed E-state index contributed by atoms with van der Waals surface area (Å²) in [5.74, 6) is -2.73. The number of halogens is 2. The molecule has 1 aromatic carbocycles. The number of fused-ring (bicyclic) bond motifs is 1. The number of aliphatic carboxylic acids is 1. The van der Waals surface area contributed by atoms with E-state index in [-0.39, 0.29) is 11.5 Å². The zero-order valence-corrected chi connectivity index (χ0v) is 8.63. The Balaban J connectivity index is 2.61. The van der Waals surface area contributed by atoms with Gasteiger partial charge in [0.15, 0.2) is 0 Å². The SMILES string of the molecule is CC1CNC(C(=O)O)c2c(F)cc(F)cc21. The Morgan fingerprint density at radius 2 is 2.19 bits per heavy atom. The van der Waals surface area contributed by atoms with Crippen LogP contribution in [0.15, 0.2) is 12.1 Å². The molecule has 1 heterocycles. The molecular formula is C11H11F2NO2. The van der Waals surface area contributed by atoms with Crippen LogP contribution in [0.3, 0.4) is 0 Å². The van der Waals surface area contributed by atoms with Gasteiger partial charge in [-0.3, -0.25) is 4.79 Å². The van der Waals surface area contributed by atoms with E-state index >= 15 is 0 Å². The summed E-state index contributed by atoms with van der Waals surface area (Å²) in [6.45, 7) is 2.19. The second-order valence-electron chi connectivity index (χ2n) is 3.97.